The fraction of sp³-hybridized carbons (Fsp3) is 0.258. The van der Waals surface area contributed by atoms with Gasteiger partial charge in [0.1, 0.15) is 5.82 Å². The van der Waals surface area contributed by atoms with Gasteiger partial charge in [-0.25, -0.2) is 13.6 Å². The summed E-state index contributed by atoms with van der Waals surface area (Å²) in [4.78, 5) is 22.2. The molecule has 4 aromatic rings. The number of carbonyl (C=O) groups excluding carboxylic acids is 1. The number of hydrogen-bond donors (Lipinski definition) is 4. The summed E-state index contributed by atoms with van der Waals surface area (Å²) < 4.78 is 55.9. The van der Waals surface area contributed by atoms with Crippen molar-refractivity contribution in [1.29, 1.82) is 0 Å². The quantitative estimate of drug-likeness (QED) is 0.153. The van der Waals surface area contributed by atoms with Gasteiger partial charge in [0.25, 0.3) is 0 Å². The molecule has 0 bridgehead atoms. The number of carbonyl (C=O) groups is 1. The number of nitrogens with zero attached hydrogens (tertiary/aromatic N) is 3. The predicted molar refractivity (Wildman–Crippen MR) is 166 cm³/mol. The van der Waals surface area contributed by atoms with Crippen LogP contribution in [0.1, 0.15) is 25.0 Å². The molecule has 4 rings (SSSR count). The summed E-state index contributed by atoms with van der Waals surface area (Å²) in [6.07, 6.45) is -1.48. The van der Waals surface area contributed by atoms with Crippen molar-refractivity contribution < 1.29 is 27.3 Å². The molecule has 0 saturated heterocycles. The van der Waals surface area contributed by atoms with Crippen LogP contribution in [0.5, 0.6) is 0 Å². The largest absolute Gasteiger partial charge is 0.416 e. The average Bonchev–Trinajstić information content (AvgIpc) is 2.98. The second-order valence-corrected chi connectivity index (χ2v) is 12.4. The van der Waals surface area contributed by atoms with Crippen LogP contribution in [-0.4, -0.2) is 50.6 Å². The van der Waals surface area contributed by atoms with Crippen molar-refractivity contribution in [3.63, 3.8) is 0 Å². The molecule has 0 aliphatic heterocycles. The summed E-state index contributed by atoms with van der Waals surface area (Å²) in [5.41, 5.74) is 1.96. The zero-order valence-corrected chi connectivity index (χ0v) is 25.2. The summed E-state index contributed by atoms with van der Waals surface area (Å²) in [6.45, 7) is 3.95. The summed E-state index contributed by atoms with van der Waals surface area (Å²) in [6, 6.07) is 18.2. The summed E-state index contributed by atoms with van der Waals surface area (Å²) in [5.74, 6) is 0.299. The molecule has 1 amide bonds. The van der Waals surface area contributed by atoms with E-state index in [2.05, 4.69) is 30.3 Å². The maximum Gasteiger partial charge on any atom is 0.416 e. The molecule has 4 N–H and O–H groups in total. The Morgan fingerprint density at radius 2 is 1.73 bits per heavy atom. The SMILES string of the molecule is CCN=S(C)(=O)c1ccc(Nc2ncc(-c3ccc(NC(=O)Cc4cccc(C(F)(F)F)c4)cc3)c(NC(C)CO)n2)cc1. The number of amides is 1. The first-order valence-electron chi connectivity index (χ1n) is 13.7. The van der Waals surface area contributed by atoms with Gasteiger partial charge < -0.3 is 21.1 Å². The Morgan fingerprint density at radius 3 is 2.36 bits per heavy atom. The second kappa shape index (κ2) is 13.9. The van der Waals surface area contributed by atoms with Gasteiger partial charge in [0.2, 0.25) is 11.9 Å². The third-order valence-electron chi connectivity index (χ3n) is 6.47. The van der Waals surface area contributed by atoms with E-state index >= 15 is 0 Å². The van der Waals surface area contributed by atoms with E-state index in [1.165, 1.54) is 12.1 Å². The molecule has 0 saturated carbocycles. The van der Waals surface area contributed by atoms with E-state index in [4.69, 9.17) is 0 Å². The molecule has 232 valence electrons. The number of anilines is 4. The van der Waals surface area contributed by atoms with Crippen molar-refractivity contribution in [3.8, 4) is 11.1 Å². The second-order valence-electron chi connectivity index (χ2n) is 10.1. The van der Waals surface area contributed by atoms with Crippen molar-refractivity contribution in [1.82, 2.24) is 9.97 Å². The standard InChI is InChI=1S/C31H33F3N6O3S/c1-4-36-44(3,43)26-14-12-25(13-15-26)39-30-35-18-27(29(40-30)37-20(2)19-41)22-8-10-24(11-9-22)38-28(42)17-21-6-5-7-23(16-21)31(32,33)34/h5-16,18,20,41H,4,17,19H2,1-3H3,(H,38,42)(H2,35,37,39,40). The topological polar surface area (TPSA) is 129 Å². The van der Waals surface area contributed by atoms with Crippen LogP contribution in [0.15, 0.2) is 88.3 Å². The maximum atomic E-state index is 13.0. The lowest BCUT2D eigenvalue weighted by Crippen LogP contribution is -2.21. The van der Waals surface area contributed by atoms with Crippen LogP contribution in [0.25, 0.3) is 11.1 Å². The highest BCUT2D eigenvalue weighted by Gasteiger charge is 2.30. The monoisotopic (exact) mass is 626 g/mol. The van der Waals surface area contributed by atoms with E-state index in [0.717, 1.165) is 17.7 Å². The van der Waals surface area contributed by atoms with Crippen LogP contribution in [-0.2, 0) is 27.1 Å². The smallest absolute Gasteiger partial charge is 0.394 e. The molecule has 0 fully saturated rings. The molecular formula is C31H33F3N6O3S. The van der Waals surface area contributed by atoms with Gasteiger partial charge in [-0.15, -0.1) is 0 Å². The molecular weight excluding hydrogens is 593 g/mol. The molecule has 2 atom stereocenters. The number of aliphatic hydroxyl groups excluding tert-OH is 1. The Balaban J connectivity index is 1.50. The van der Waals surface area contributed by atoms with Crippen molar-refractivity contribution in [2.24, 2.45) is 4.36 Å². The summed E-state index contributed by atoms with van der Waals surface area (Å²) in [5, 5.41) is 18.6. The zero-order chi connectivity index (χ0) is 31.9. The molecule has 44 heavy (non-hydrogen) atoms. The summed E-state index contributed by atoms with van der Waals surface area (Å²) >= 11 is 0. The highest BCUT2D eigenvalue weighted by Crippen LogP contribution is 2.31. The van der Waals surface area contributed by atoms with E-state index in [1.807, 2.05) is 6.92 Å². The van der Waals surface area contributed by atoms with Crippen molar-refractivity contribution in [2.75, 3.05) is 35.4 Å². The van der Waals surface area contributed by atoms with Gasteiger partial charge in [-0.3, -0.25) is 4.79 Å². The Labute approximate surface area is 254 Å². The van der Waals surface area contributed by atoms with Crippen molar-refractivity contribution >= 4 is 38.8 Å². The lowest BCUT2D eigenvalue weighted by atomic mass is 10.1. The number of halogens is 3. The van der Waals surface area contributed by atoms with Crippen LogP contribution >= 0.6 is 0 Å². The van der Waals surface area contributed by atoms with Gasteiger partial charge in [-0.2, -0.15) is 18.2 Å². The predicted octanol–water partition coefficient (Wildman–Crippen LogP) is 6.36. The number of nitrogens with one attached hydrogen (secondary N) is 3. The number of hydrogen-bond acceptors (Lipinski definition) is 8. The van der Waals surface area contributed by atoms with Gasteiger partial charge in [-0.05, 0) is 67.4 Å². The normalized spacial score (nSPS) is 13.4. The first kappa shape index (κ1) is 32.4. The minimum Gasteiger partial charge on any atom is -0.394 e. The fourth-order valence-electron chi connectivity index (χ4n) is 4.26. The molecule has 9 nitrogen and oxygen atoms in total. The number of rotatable bonds is 11. The first-order chi connectivity index (χ1) is 20.9. The van der Waals surface area contributed by atoms with E-state index in [9.17, 15) is 27.3 Å². The van der Waals surface area contributed by atoms with E-state index in [-0.39, 0.29) is 24.6 Å². The molecule has 2 unspecified atom stereocenters. The molecule has 13 heteroatoms. The van der Waals surface area contributed by atoms with Gasteiger partial charge in [0, 0.05) is 46.9 Å². The van der Waals surface area contributed by atoms with E-state index < -0.39 is 27.4 Å². The molecule has 0 radical (unpaired) electrons. The molecule has 0 aliphatic rings. The number of alkyl halides is 3. The number of aromatic nitrogens is 2. The van der Waals surface area contributed by atoms with Gasteiger partial charge in [0.15, 0.2) is 0 Å². The average molecular weight is 627 g/mol. The Morgan fingerprint density at radius 1 is 1.05 bits per heavy atom. The van der Waals surface area contributed by atoms with Crippen molar-refractivity contribution in [3.05, 3.63) is 90.1 Å². The van der Waals surface area contributed by atoms with Crippen LogP contribution in [0.2, 0.25) is 0 Å². The minimum atomic E-state index is -4.48. The third kappa shape index (κ3) is 8.54. The summed E-state index contributed by atoms with van der Waals surface area (Å²) in [7, 11) is -2.47. The minimum absolute atomic E-state index is 0.135. The van der Waals surface area contributed by atoms with Crippen LogP contribution in [0.3, 0.4) is 0 Å². The van der Waals surface area contributed by atoms with Gasteiger partial charge >= 0.3 is 6.18 Å². The van der Waals surface area contributed by atoms with Gasteiger partial charge in [0.05, 0.1) is 28.3 Å². The van der Waals surface area contributed by atoms with Gasteiger partial charge in [-0.1, -0.05) is 30.3 Å². The molecule has 0 aliphatic carbocycles. The maximum absolute atomic E-state index is 13.0. The highest BCUT2D eigenvalue weighted by atomic mass is 32.2. The number of benzene rings is 3. The molecule has 0 spiro atoms. The zero-order valence-electron chi connectivity index (χ0n) is 24.4. The first-order valence-corrected chi connectivity index (χ1v) is 15.7. The highest BCUT2D eigenvalue weighted by molar-refractivity contribution is 7.93. The molecule has 1 aromatic heterocycles. The lowest BCUT2D eigenvalue weighted by molar-refractivity contribution is -0.137. The molecule has 1 heterocycles. The van der Waals surface area contributed by atoms with E-state index in [1.54, 1.807) is 67.9 Å². The van der Waals surface area contributed by atoms with E-state index in [0.29, 0.717) is 40.1 Å². The fourth-order valence-corrected chi connectivity index (χ4v) is 5.55. The van der Waals surface area contributed by atoms with Crippen molar-refractivity contribution in [2.45, 2.75) is 37.4 Å². The Bertz CT molecular complexity index is 1720. The Kier molecular flexibility index (Phi) is 10.2. The van der Waals surface area contributed by atoms with Crippen LogP contribution in [0, 0.1) is 0 Å². The van der Waals surface area contributed by atoms with Crippen LogP contribution in [0.4, 0.5) is 36.3 Å². The third-order valence-corrected chi connectivity index (χ3v) is 8.37. The number of aliphatic hydroxyl groups is 1. The molecule has 3 aromatic carbocycles. The lowest BCUT2D eigenvalue weighted by Gasteiger charge is -2.17. The Hall–Kier alpha value is -4.49. The van der Waals surface area contributed by atoms with Crippen LogP contribution < -0.4 is 16.0 Å².